The Labute approximate surface area is 88.3 Å². The highest BCUT2D eigenvalue weighted by atomic mass is 19.1. The highest BCUT2D eigenvalue weighted by Crippen LogP contribution is 2.39. The van der Waals surface area contributed by atoms with Crippen LogP contribution in [-0.4, -0.2) is 12.2 Å². The standard InChI is InChI=1S/C12H26FN/c1-6-10(7-2)8-12(13,9-14)11(3,4)5/h10H,6-9,14H2,1-5H3. The van der Waals surface area contributed by atoms with Gasteiger partial charge in [0.15, 0.2) is 0 Å². The van der Waals surface area contributed by atoms with Crippen LogP contribution in [0.4, 0.5) is 4.39 Å². The van der Waals surface area contributed by atoms with E-state index in [1.54, 1.807) is 0 Å². The predicted octanol–water partition coefficient (Wildman–Crippen LogP) is 3.53. The van der Waals surface area contributed by atoms with Gasteiger partial charge in [0, 0.05) is 6.54 Å². The maximum absolute atomic E-state index is 14.5. The average Bonchev–Trinajstić information content (AvgIpc) is 2.12. The normalized spacial score (nSPS) is 17.1. The molecule has 0 rings (SSSR count). The van der Waals surface area contributed by atoms with E-state index in [1.807, 2.05) is 20.8 Å². The summed E-state index contributed by atoms with van der Waals surface area (Å²) in [6, 6.07) is 0. The van der Waals surface area contributed by atoms with Gasteiger partial charge in [-0.2, -0.15) is 0 Å². The molecule has 0 amide bonds. The van der Waals surface area contributed by atoms with Gasteiger partial charge in [-0.1, -0.05) is 47.5 Å². The first kappa shape index (κ1) is 13.9. The second-order valence-electron chi connectivity index (χ2n) is 5.31. The molecule has 0 saturated heterocycles. The van der Waals surface area contributed by atoms with E-state index in [2.05, 4.69) is 13.8 Å². The zero-order valence-electron chi connectivity index (χ0n) is 10.4. The van der Waals surface area contributed by atoms with Crippen molar-refractivity contribution in [2.75, 3.05) is 6.54 Å². The molecular weight excluding hydrogens is 177 g/mol. The second kappa shape index (κ2) is 5.11. The van der Waals surface area contributed by atoms with Crippen molar-refractivity contribution in [3.8, 4) is 0 Å². The molecule has 0 aromatic carbocycles. The van der Waals surface area contributed by atoms with Crippen LogP contribution in [0, 0.1) is 11.3 Å². The lowest BCUT2D eigenvalue weighted by Crippen LogP contribution is -2.46. The highest BCUT2D eigenvalue weighted by Gasteiger charge is 2.42. The van der Waals surface area contributed by atoms with Gasteiger partial charge in [-0.15, -0.1) is 0 Å². The van der Waals surface area contributed by atoms with Crippen LogP contribution < -0.4 is 5.73 Å². The van der Waals surface area contributed by atoms with Gasteiger partial charge in [0.1, 0.15) is 5.67 Å². The first-order valence-electron chi connectivity index (χ1n) is 5.69. The Bertz CT molecular complexity index is 158. The Hall–Kier alpha value is -0.110. The SMILES string of the molecule is CCC(CC)CC(F)(CN)C(C)(C)C. The summed E-state index contributed by atoms with van der Waals surface area (Å²) in [4.78, 5) is 0. The Morgan fingerprint density at radius 1 is 1.14 bits per heavy atom. The number of nitrogens with two attached hydrogens (primary N) is 1. The number of alkyl halides is 1. The fraction of sp³-hybridized carbons (Fsp3) is 1.00. The maximum Gasteiger partial charge on any atom is 0.128 e. The molecule has 0 fully saturated rings. The van der Waals surface area contributed by atoms with E-state index in [4.69, 9.17) is 5.73 Å². The molecule has 0 heterocycles. The minimum Gasteiger partial charge on any atom is -0.328 e. The molecule has 0 aromatic heterocycles. The molecule has 0 radical (unpaired) electrons. The number of halogens is 1. The van der Waals surface area contributed by atoms with Gasteiger partial charge in [0.05, 0.1) is 0 Å². The lowest BCUT2D eigenvalue weighted by molar-refractivity contribution is 0.0122. The van der Waals surface area contributed by atoms with Crippen molar-refractivity contribution in [2.45, 2.75) is 59.5 Å². The van der Waals surface area contributed by atoms with Crippen LogP contribution in [0.25, 0.3) is 0 Å². The van der Waals surface area contributed by atoms with E-state index in [-0.39, 0.29) is 12.0 Å². The Morgan fingerprint density at radius 3 is 1.79 bits per heavy atom. The Balaban J connectivity index is 4.54. The van der Waals surface area contributed by atoms with Gasteiger partial charge >= 0.3 is 0 Å². The van der Waals surface area contributed by atoms with Gasteiger partial charge in [0.2, 0.25) is 0 Å². The summed E-state index contributed by atoms with van der Waals surface area (Å²) in [6.45, 7) is 10.2. The summed E-state index contributed by atoms with van der Waals surface area (Å²) in [5.41, 5.74) is 4.00. The smallest absolute Gasteiger partial charge is 0.128 e. The fourth-order valence-electron chi connectivity index (χ4n) is 1.73. The van der Waals surface area contributed by atoms with E-state index in [0.717, 1.165) is 12.8 Å². The first-order chi connectivity index (χ1) is 6.30. The molecule has 0 aliphatic heterocycles. The number of hydrogen-bond donors (Lipinski definition) is 1. The van der Waals surface area contributed by atoms with E-state index in [9.17, 15) is 4.39 Å². The summed E-state index contributed by atoms with van der Waals surface area (Å²) in [5.74, 6) is 0.461. The van der Waals surface area contributed by atoms with Crippen LogP contribution in [0.1, 0.15) is 53.9 Å². The largest absolute Gasteiger partial charge is 0.328 e. The van der Waals surface area contributed by atoms with Crippen molar-refractivity contribution in [3.63, 3.8) is 0 Å². The van der Waals surface area contributed by atoms with Gasteiger partial charge in [-0.05, 0) is 17.8 Å². The van der Waals surface area contributed by atoms with Crippen LogP contribution in [0.15, 0.2) is 0 Å². The van der Waals surface area contributed by atoms with Crippen LogP contribution in [0.2, 0.25) is 0 Å². The van der Waals surface area contributed by atoms with Crippen molar-refractivity contribution in [2.24, 2.45) is 17.1 Å². The molecule has 86 valence electrons. The third-order valence-electron chi connectivity index (χ3n) is 3.43. The zero-order valence-corrected chi connectivity index (χ0v) is 10.4. The van der Waals surface area contributed by atoms with Crippen molar-refractivity contribution in [1.29, 1.82) is 0 Å². The van der Waals surface area contributed by atoms with Crippen molar-refractivity contribution in [1.82, 2.24) is 0 Å². The molecule has 1 unspecified atom stereocenters. The molecule has 0 aliphatic carbocycles. The summed E-state index contributed by atoms with van der Waals surface area (Å²) in [5, 5.41) is 0. The van der Waals surface area contributed by atoms with E-state index in [0.29, 0.717) is 12.3 Å². The molecule has 2 heteroatoms. The van der Waals surface area contributed by atoms with Crippen LogP contribution in [-0.2, 0) is 0 Å². The molecule has 0 spiro atoms. The molecule has 14 heavy (non-hydrogen) atoms. The summed E-state index contributed by atoms with van der Waals surface area (Å²) >= 11 is 0. The van der Waals surface area contributed by atoms with E-state index < -0.39 is 5.67 Å². The topological polar surface area (TPSA) is 26.0 Å². The maximum atomic E-state index is 14.5. The molecule has 0 aromatic rings. The molecule has 2 N–H and O–H groups in total. The molecular formula is C12H26FN. The van der Waals surface area contributed by atoms with Gasteiger partial charge in [-0.25, -0.2) is 4.39 Å². The average molecular weight is 203 g/mol. The minimum absolute atomic E-state index is 0.132. The lowest BCUT2D eigenvalue weighted by atomic mass is 9.72. The molecule has 0 bridgehead atoms. The van der Waals surface area contributed by atoms with Gasteiger partial charge in [0.25, 0.3) is 0 Å². The molecule has 1 nitrogen and oxygen atoms in total. The van der Waals surface area contributed by atoms with Crippen LogP contribution in [0.3, 0.4) is 0 Å². The van der Waals surface area contributed by atoms with Gasteiger partial charge in [-0.3, -0.25) is 0 Å². The fourth-order valence-corrected chi connectivity index (χ4v) is 1.73. The summed E-state index contributed by atoms with van der Waals surface area (Å²) in [6.07, 6.45) is 2.68. The van der Waals surface area contributed by atoms with E-state index in [1.165, 1.54) is 0 Å². The third-order valence-corrected chi connectivity index (χ3v) is 3.43. The molecule has 1 atom stereocenters. The van der Waals surface area contributed by atoms with Crippen LogP contribution >= 0.6 is 0 Å². The second-order valence-corrected chi connectivity index (χ2v) is 5.31. The monoisotopic (exact) mass is 203 g/mol. The van der Waals surface area contributed by atoms with Crippen LogP contribution in [0.5, 0.6) is 0 Å². The zero-order chi connectivity index (χ0) is 11.4. The van der Waals surface area contributed by atoms with Crippen molar-refractivity contribution >= 4 is 0 Å². The lowest BCUT2D eigenvalue weighted by Gasteiger charge is -2.39. The van der Waals surface area contributed by atoms with Gasteiger partial charge < -0.3 is 5.73 Å². The number of rotatable bonds is 5. The molecule has 0 saturated carbocycles. The Morgan fingerprint density at radius 2 is 1.57 bits per heavy atom. The summed E-state index contributed by atoms with van der Waals surface area (Å²) in [7, 11) is 0. The predicted molar refractivity (Wildman–Crippen MR) is 61.0 cm³/mol. The van der Waals surface area contributed by atoms with Crippen molar-refractivity contribution in [3.05, 3.63) is 0 Å². The number of hydrogen-bond acceptors (Lipinski definition) is 1. The first-order valence-corrected chi connectivity index (χ1v) is 5.69. The minimum atomic E-state index is -1.22. The summed E-state index contributed by atoms with van der Waals surface area (Å²) < 4.78 is 14.5. The third kappa shape index (κ3) is 3.23. The Kier molecular flexibility index (Phi) is 5.07. The highest BCUT2D eigenvalue weighted by molar-refractivity contribution is 4.93. The van der Waals surface area contributed by atoms with Crippen molar-refractivity contribution < 1.29 is 4.39 Å². The quantitative estimate of drug-likeness (QED) is 0.727. The molecule has 0 aliphatic rings. The van der Waals surface area contributed by atoms with E-state index >= 15 is 0 Å².